The molecule has 0 aliphatic heterocycles. The van der Waals surface area contributed by atoms with Crippen LogP contribution in [0, 0.1) is 5.82 Å². The van der Waals surface area contributed by atoms with Crippen molar-refractivity contribution in [2.24, 2.45) is 0 Å². The van der Waals surface area contributed by atoms with Crippen LogP contribution >= 0.6 is 0 Å². The second kappa shape index (κ2) is 6.38. The summed E-state index contributed by atoms with van der Waals surface area (Å²) in [6.07, 6.45) is 4.60. The predicted molar refractivity (Wildman–Crippen MR) is 79.0 cm³/mol. The average molecular weight is 264 g/mol. The lowest BCUT2D eigenvalue weighted by atomic mass is 10.1. The monoisotopic (exact) mass is 264 g/mol. The van der Waals surface area contributed by atoms with Crippen LogP contribution in [0.2, 0.25) is 0 Å². The van der Waals surface area contributed by atoms with Gasteiger partial charge in [-0.05, 0) is 43.4 Å². The van der Waals surface area contributed by atoms with E-state index in [1.807, 2.05) is 19.2 Å². The van der Waals surface area contributed by atoms with Crippen molar-refractivity contribution in [2.75, 3.05) is 11.9 Å². The molecule has 0 radical (unpaired) electrons. The molecule has 0 spiro atoms. The highest BCUT2D eigenvalue weighted by molar-refractivity contribution is 5.49. The molecule has 1 aromatic carbocycles. The van der Waals surface area contributed by atoms with Gasteiger partial charge in [-0.1, -0.05) is 19.9 Å². The molecule has 3 heteroatoms. The maximum atomic E-state index is 14.2. The molecule has 0 bridgehead atoms. The van der Waals surface area contributed by atoms with Gasteiger partial charge in [-0.3, -0.25) is 0 Å². The summed E-state index contributed by atoms with van der Waals surface area (Å²) in [6.45, 7) is 5.07. The molecule has 0 amide bonds. The van der Waals surface area contributed by atoms with Gasteiger partial charge in [0.2, 0.25) is 0 Å². The minimum Gasteiger partial charge on any atom is -0.369 e. The van der Waals surface area contributed by atoms with E-state index < -0.39 is 0 Å². The molecule has 106 valence electrons. The van der Waals surface area contributed by atoms with E-state index in [1.54, 1.807) is 6.07 Å². The second-order valence-electron chi connectivity index (χ2n) is 5.52. The van der Waals surface area contributed by atoms with Crippen molar-refractivity contribution < 1.29 is 4.39 Å². The highest BCUT2D eigenvalue weighted by atomic mass is 19.1. The number of halogens is 1. The van der Waals surface area contributed by atoms with Crippen molar-refractivity contribution >= 4 is 5.69 Å². The zero-order valence-corrected chi connectivity index (χ0v) is 12.2. The van der Waals surface area contributed by atoms with Gasteiger partial charge in [-0.15, -0.1) is 0 Å². The molecule has 0 unspecified atom stereocenters. The van der Waals surface area contributed by atoms with E-state index in [4.69, 9.17) is 0 Å². The SMILES string of the molecule is CCC(CC)N(C)c1ccc(CNC2CC2)cc1F. The van der Waals surface area contributed by atoms with Crippen molar-refractivity contribution in [3.8, 4) is 0 Å². The van der Waals surface area contributed by atoms with Gasteiger partial charge in [-0.25, -0.2) is 4.39 Å². The Morgan fingerprint density at radius 1 is 1.32 bits per heavy atom. The molecule has 0 atom stereocenters. The third-order valence-corrected chi connectivity index (χ3v) is 4.05. The third kappa shape index (κ3) is 3.69. The Hall–Kier alpha value is -1.09. The zero-order valence-electron chi connectivity index (χ0n) is 12.2. The van der Waals surface area contributed by atoms with E-state index in [1.165, 1.54) is 12.8 Å². The van der Waals surface area contributed by atoms with Crippen LogP contribution in [0.4, 0.5) is 10.1 Å². The summed E-state index contributed by atoms with van der Waals surface area (Å²) in [5.41, 5.74) is 1.75. The lowest BCUT2D eigenvalue weighted by Gasteiger charge is -2.29. The summed E-state index contributed by atoms with van der Waals surface area (Å²) < 4.78 is 14.2. The topological polar surface area (TPSA) is 15.3 Å². The lowest BCUT2D eigenvalue weighted by molar-refractivity contribution is 0.564. The van der Waals surface area contributed by atoms with Gasteiger partial charge < -0.3 is 10.2 Å². The van der Waals surface area contributed by atoms with E-state index in [0.29, 0.717) is 17.8 Å². The van der Waals surface area contributed by atoms with Gasteiger partial charge in [0.05, 0.1) is 5.69 Å². The molecular weight excluding hydrogens is 239 g/mol. The highest BCUT2D eigenvalue weighted by Gasteiger charge is 2.20. The molecular formula is C16H25FN2. The first kappa shape index (κ1) is 14.3. The molecule has 2 rings (SSSR count). The number of hydrogen-bond donors (Lipinski definition) is 1. The van der Waals surface area contributed by atoms with Crippen LogP contribution in [-0.2, 0) is 6.54 Å². The number of hydrogen-bond acceptors (Lipinski definition) is 2. The largest absolute Gasteiger partial charge is 0.369 e. The van der Waals surface area contributed by atoms with Crippen molar-refractivity contribution in [3.05, 3.63) is 29.6 Å². The Labute approximate surface area is 116 Å². The smallest absolute Gasteiger partial charge is 0.146 e. The molecule has 1 N–H and O–H groups in total. The average Bonchev–Trinajstić information content (AvgIpc) is 3.21. The van der Waals surface area contributed by atoms with E-state index in [9.17, 15) is 4.39 Å². The summed E-state index contributed by atoms with van der Waals surface area (Å²) in [5.74, 6) is -0.107. The summed E-state index contributed by atoms with van der Waals surface area (Å²) in [5, 5.41) is 3.41. The normalized spacial score (nSPS) is 15.0. The molecule has 1 saturated carbocycles. The zero-order chi connectivity index (χ0) is 13.8. The Morgan fingerprint density at radius 2 is 2.00 bits per heavy atom. The number of benzene rings is 1. The minimum atomic E-state index is -0.107. The molecule has 0 aromatic heterocycles. The molecule has 2 nitrogen and oxygen atoms in total. The van der Waals surface area contributed by atoms with Gasteiger partial charge in [0, 0.05) is 25.7 Å². The van der Waals surface area contributed by atoms with E-state index in [2.05, 4.69) is 24.1 Å². The quantitative estimate of drug-likeness (QED) is 0.807. The fourth-order valence-electron chi connectivity index (χ4n) is 2.53. The molecule has 1 fully saturated rings. The Balaban J connectivity index is 2.04. The number of nitrogens with one attached hydrogen (secondary N) is 1. The molecule has 19 heavy (non-hydrogen) atoms. The first-order chi connectivity index (χ1) is 9.15. The predicted octanol–water partition coefficient (Wildman–Crippen LogP) is 3.70. The summed E-state index contributed by atoms with van der Waals surface area (Å²) >= 11 is 0. The number of nitrogens with zero attached hydrogens (tertiary/aromatic N) is 1. The first-order valence-corrected chi connectivity index (χ1v) is 7.40. The standard InChI is InChI=1S/C16H25FN2/c1-4-14(5-2)19(3)16-9-6-12(10-15(16)17)11-18-13-7-8-13/h6,9-10,13-14,18H,4-5,7-8,11H2,1-3H3. The Morgan fingerprint density at radius 3 is 2.53 bits per heavy atom. The van der Waals surface area contributed by atoms with E-state index >= 15 is 0 Å². The van der Waals surface area contributed by atoms with Crippen LogP contribution in [0.3, 0.4) is 0 Å². The van der Waals surface area contributed by atoms with Crippen LogP contribution in [0.5, 0.6) is 0 Å². The molecule has 1 aromatic rings. The van der Waals surface area contributed by atoms with Crippen molar-refractivity contribution in [2.45, 2.75) is 58.2 Å². The van der Waals surface area contributed by atoms with Crippen LogP contribution in [0.25, 0.3) is 0 Å². The lowest BCUT2D eigenvalue weighted by Crippen LogP contribution is -2.31. The third-order valence-electron chi connectivity index (χ3n) is 4.05. The Bertz CT molecular complexity index is 411. The number of anilines is 1. The molecule has 1 aliphatic carbocycles. The molecule has 0 saturated heterocycles. The van der Waals surface area contributed by atoms with Gasteiger partial charge in [0.25, 0.3) is 0 Å². The van der Waals surface area contributed by atoms with Crippen molar-refractivity contribution in [1.82, 2.24) is 5.32 Å². The van der Waals surface area contributed by atoms with Gasteiger partial charge in [0.15, 0.2) is 0 Å². The van der Waals surface area contributed by atoms with Gasteiger partial charge in [-0.2, -0.15) is 0 Å². The molecule has 1 aliphatic rings. The first-order valence-electron chi connectivity index (χ1n) is 7.40. The Kier molecular flexibility index (Phi) is 4.81. The van der Waals surface area contributed by atoms with Gasteiger partial charge in [0.1, 0.15) is 5.82 Å². The van der Waals surface area contributed by atoms with Crippen LogP contribution in [-0.4, -0.2) is 19.1 Å². The summed E-state index contributed by atoms with van der Waals surface area (Å²) in [6, 6.07) is 6.69. The summed E-state index contributed by atoms with van der Waals surface area (Å²) in [7, 11) is 1.98. The van der Waals surface area contributed by atoms with Crippen LogP contribution < -0.4 is 10.2 Å². The number of rotatable bonds is 7. The van der Waals surface area contributed by atoms with Crippen LogP contribution in [0.15, 0.2) is 18.2 Å². The highest BCUT2D eigenvalue weighted by Crippen LogP contribution is 2.24. The maximum absolute atomic E-state index is 14.2. The van der Waals surface area contributed by atoms with E-state index in [0.717, 1.165) is 24.9 Å². The van der Waals surface area contributed by atoms with Gasteiger partial charge >= 0.3 is 0 Å². The second-order valence-corrected chi connectivity index (χ2v) is 5.52. The minimum absolute atomic E-state index is 0.107. The van der Waals surface area contributed by atoms with E-state index in [-0.39, 0.29) is 5.82 Å². The fraction of sp³-hybridized carbons (Fsp3) is 0.625. The van der Waals surface area contributed by atoms with Crippen molar-refractivity contribution in [3.63, 3.8) is 0 Å². The van der Waals surface area contributed by atoms with Crippen molar-refractivity contribution in [1.29, 1.82) is 0 Å². The maximum Gasteiger partial charge on any atom is 0.146 e. The summed E-state index contributed by atoms with van der Waals surface area (Å²) in [4.78, 5) is 2.06. The van der Waals surface area contributed by atoms with Crippen LogP contribution in [0.1, 0.15) is 45.1 Å². The fourth-order valence-corrected chi connectivity index (χ4v) is 2.53. The molecule has 0 heterocycles.